The van der Waals surface area contributed by atoms with Gasteiger partial charge < -0.3 is 14.3 Å². The number of hydrogen-bond acceptors (Lipinski definition) is 4. The number of carbonyl (C=O) groups is 1. The van der Waals surface area contributed by atoms with Crippen molar-refractivity contribution < 1.29 is 9.32 Å². The average molecular weight is 313 g/mol. The molecule has 0 unspecified atom stereocenters. The molecular formula is C18H23N3O2. The van der Waals surface area contributed by atoms with Gasteiger partial charge in [0.25, 0.3) is 5.91 Å². The quantitative estimate of drug-likeness (QED) is 0.855. The summed E-state index contributed by atoms with van der Waals surface area (Å²) >= 11 is 0. The van der Waals surface area contributed by atoms with Crippen LogP contribution in [0.25, 0.3) is 0 Å². The minimum absolute atomic E-state index is 0.0775. The van der Waals surface area contributed by atoms with Crippen LogP contribution in [-0.2, 0) is 5.41 Å². The van der Waals surface area contributed by atoms with Crippen LogP contribution < -0.4 is 4.90 Å². The monoisotopic (exact) mass is 313 g/mol. The van der Waals surface area contributed by atoms with Crippen LogP contribution >= 0.6 is 0 Å². The van der Waals surface area contributed by atoms with E-state index in [1.165, 1.54) is 17.4 Å². The third-order valence-corrected chi connectivity index (χ3v) is 4.27. The highest BCUT2D eigenvalue weighted by Gasteiger charge is 2.27. The Hall–Kier alpha value is -2.30. The van der Waals surface area contributed by atoms with Crippen molar-refractivity contribution in [3.8, 4) is 0 Å². The summed E-state index contributed by atoms with van der Waals surface area (Å²) in [6.45, 7) is 9.73. The van der Waals surface area contributed by atoms with E-state index < -0.39 is 0 Å². The van der Waals surface area contributed by atoms with Gasteiger partial charge in [0.2, 0.25) is 5.76 Å². The van der Waals surface area contributed by atoms with Crippen molar-refractivity contribution in [2.24, 2.45) is 0 Å². The minimum atomic E-state index is -0.0775. The van der Waals surface area contributed by atoms with Crippen molar-refractivity contribution in [2.75, 3.05) is 31.1 Å². The third kappa shape index (κ3) is 3.23. The maximum atomic E-state index is 12.3. The molecule has 0 atom stereocenters. The molecule has 0 bridgehead atoms. The number of piperazine rings is 1. The first kappa shape index (κ1) is 15.6. The summed E-state index contributed by atoms with van der Waals surface area (Å²) in [5, 5.41) is 3.61. The van der Waals surface area contributed by atoms with Gasteiger partial charge in [-0.3, -0.25) is 4.79 Å². The predicted octanol–water partition coefficient (Wildman–Crippen LogP) is 2.93. The summed E-state index contributed by atoms with van der Waals surface area (Å²) in [7, 11) is 0. The summed E-state index contributed by atoms with van der Waals surface area (Å²) < 4.78 is 4.97. The third-order valence-electron chi connectivity index (χ3n) is 4.27. The molecule has 122 valence electrons. The van der Waals surface area contributed by atoms with Gasteiger partial charge in [0, 0.05) is 37.9 Å². The van der Waals surface area contributed by atoms with Gasteiger partial charge in [0.05, 0.1) is 6.20 Å². The molecule has 0 saturated carbocycles. The van der Waals surface area contributed by atoms with Crippen molar-refractivity contribution in [1.29, 1.82) is 0 Å². The fraction of sp³-hybridized carbons (Fsp3) is 0.444. The molecule has 1 aromatic heterocycles. The molecule has 5 nitrogen and oxygen atoms in total. The van der Waals surface area contributed by atoms with Crippen LogP contribution in [0.1, 0.15) is 36.9 Å². The lowest BCUT2D eigenvalue weighted by Crippen LogP contribution is -2.49. The Morgan fingerprint density at radius 3 is 2.39 bits per heavy atom. The highest BCUT2D eigenvalue weighted by atomic mass is 16.5. The maximum absolute atomic E-state index is 12.3. The van der Waals surface area contributed by atoms with E-state index in [9.17, 15) is 4.79 Å². The number of nitrogens with zero attached hydrogens (tertiary/aromatic N) is 3. The molecule has 2 heterocycles. The number of carbonyl (C=O) groups excluding carboxylic acids is 1. The molecule has 0 radical (unpaired) electrons. The van der Waals surface area contributed by atoms with Crippen LogP contribution in [0.5, 0.6) is 0 Å². The second-order valence-corrected chi connectivity index (χ2v) is 6.92. The summed E-state index contributed by atoms with van der Waals surface area (Å²) in [6.07, 6.45) is 1.50. The highest BCUT2D eigenvalue weighted by Crippen LogP contribution is 2.32. The van der Waals surface area contributed by atoms with Gasteiger partial charge >= 0.3 is 0 Å². The Morgan fingerprint density at radius 1 is 1.09 bits per heavy atom. The highest BCUT2D eigenvalue weighted by molar-refractivity contribution is 5.91. The van der Waals surface area contributed by atoms with E-state index in [4.69, 9.17) is 4.52 Å². The number of para-hydroxylation sites is 1. The van der Waals surface area contributed by atoms with Gasteiger partial charge in [-0.2, -0.15) is 0 Å². The number of anilines is 1. The van der Waals surface area contributed by atoms with Crippen molar-refractivity contribution in [3.63, 3.8) is 0 Å². The van der Waals surface area contributed by atoms with Gasteiger partial charge in [-0.15, -0.1) is 0 Å². The number of benzene rings is 1. The Labute approximate surface area is 136 Å². The van der Waals surface area contributed by atoms with Crippen molar-refractivity contribution in [2.45, 2.75) is 26.2 Å². The van der Waals surface area contributed by atoms with Gasteiger partial charge in [-0.05, 0) is 17.0 Å². The zero-order valence-electron chi connectivity index (χ0n) is 14.0. The molecule has 5 heteroatoms. The van der Waals surface area contributed by atoms with Crippen molar-refractivity contribution in [1.82, 2.24) is 10.1 Å². The minimum Gasteiger partial charge on any atom is -0.368 e. The SMILES string of the molecule is CC(C)(C)c1ccccc1N1CCN(C(=O)c2ccno2)CC1. The molecule has 0 N–H and O–H groups in total. The second kappa shape index (κ2) is 6.07. The van der Waals surface area contributed by atoms with E-state index in [1.807, 2.05) is 4.90 Å². The zero-order valence-corrected chi connectivity index (χ0v) is 14.0. The van der Waals surface area contributed by atoms with E-state index in [-0.39, 0.29) is 11.3 Å². The molecule has 1 saturated heterocycles. The number of aromatic nitrogens is 1. The molecule has 3 rings (SSSR count). The predicted molar refractivity (Wildman–Crippen MR) is 89.8 cm³/mol. The van der Waals surface area contributed by atoms with Crippen LogP contribution in [0.15, 0.2) is 41.1 Å². The van der Waals surface area contributed by atoms with Crippen LogP contribution in [0.3, 0.4) is 0 Å². The molecule has 1 aliphatic heterocycles. The molecule has 1 aliphatic rings. The Morgan fingerprint density at radius 2 is 1.78 bits per heavy atom. The van der Waals surface area contributed by atoms with E-state index in [2.05, 4.69) is 55.1 Å². The molecule has 1 fully saturated rings. The lowest BCUT2D eigenvalue weighted by molar-refractivity contribution is 0.0704. The van der Waals surface area contributed by atoms with E-state index in [0.29, 0.717) is 18.8 Å². The number of hydrogen-bond donors (Lipinski definition) is 0. The van der Waals surface area contributed by atoms with E-state index in [0.717, 1.165) is 13.1 Å². The fourth-order valence-electron chi connectivity index (χ4n) is 3.02. The average Bonchev–Trinajstić information content (AvgIpc) is 3.08. The largest absolute Gasteiger partial charge is 0.368 e. The second-order valence-electron chi connectivity index (χ2n) is 6.92. The van der Waals surface area contributed by atoms with Crippen LogP contribution in [-0.4, -0.2) is 42.1 Å². The normalized spacial score (nSPS) is 15.8. The van der Waals surface area contributed by atoms with Crippen LogP contribution in [0.4, 0.5) is 5.69 Å². The zero-order chi connectivity index (χ0) is 16.4. The van der Waals surface area contributed by atoms with Crippen LogP contribution in [0, 0.1) is 0 Å². The molecule has 0 aliphatic carbocycles. The van der Waals surface area contributed by atoms with Crippen LogP contribution in [0.2, 0.25) is 0 Å². The van der Waals surface area contributed by atoms with E-state index in [1.54, 1.807) is 6.07 Å². The van der Waals surface area contributed by atoms with Gasteiger partial charge in [0.15, 0.2) is 0 Å². The van der Waals surface area contributed by atoms with Gasteiger partial charge in [-0.25, -0.2) is 0 Å². The molecule has 1 aromatic carbocycles. The standard InChI is InChI=1S/C18H23N3O2/c1-18(2,3)14-6-4-5-7-15(14)20-10-12-21(13-11-20)17(22)16-8-9-19-23-16/h4-9H,10-13H2,1-3H3. The number of amides is 1. The summed E-state index contributed by atoms with van der Waals surface area (Å²) in [5.74, 6) is 0.236. The van der Waals surface area contributed by atoms with Crippen molar-refractivity contribution >= 4 is 11.6 Å². The maximum Gasteiger partial charge on any atom is 0.292 e. The lowest BCUT2D eigenvalue weighted by atomic mass is 9.85. The Balaban J connectivity index is 1.72. The summed E-state index contributed by atoms with van der Waals surface area (Å²) in [5.41, 5.74) is 2.71. The first-order valence-electron chi connectivity index (χ1n) is 8.01. The Kier molecular flexibility index (Phi) is 4.11. The van der Waals surface area contributed by atoms with Gasteiger partial charge in [-0.1, -0.05) is 44.1 Å². The first-order valence-corrected chi connectivity index (χ1v) is 8.01. The lowest BCUT2D eigenvalue weighted by Gasteiger charge is -2.38. The van der Waals surface area contributed by atoms with Crippen molar-refractivity contribution in [3.05, 3.63) is 47.9 Å². The van der Waals surface area contributed by atoms with E-state index >= 15 is 0 Å². The molecular weight excluding hydrogens is 290 g/mol. The molecule has 2 aromatic rings. The molecule has 23 heavy (non-hydrogen) atoms. The molecule has 1 amide bonds. The molecule has 0 spiro atoms. The fourth-order valence-corrected chi connectivity index (χ4v) is 3.02. The number of rotatable bonds is 2. The topological polar surface area (TPSA) is 49.6 Å². The summed E-state index contributed by atoms with van der Waals surface area (Å²) in [4.78, 5) is 16.5. The Bertz CT molecular complexity index is 666. The smallest absolute Gasteiger partial charge is 0.292 e. The summed E-state index contributed by atoms with van der Waals surface area (Å²) in [6, 6.07) is 10.2. The van der Waals surface area contributed by atoms with Gasteiger partial charge in [0.1, 0.15) is 0 Å². The first-order chi connectivity index (χ1) is 11.0.